The molecule has 6 nitrogen and oxygen atoms in total. The van der Waals surface area contributed by atoms with Gasteiger partial charge in [0.1, 0.15) is 5.69 Å². The number of carbonyl (C=O) groups is 1. The number of rotatable bonds is 7. The van der Waals surface area contributed by atoms with Crippen LogP contribution in [0, 0.1) is 6.92 Å². The highest BCUT2D eigenvalue weighted by atomic mass is 19.4. The molecule has 1 aromatic carbocycles. The molecule has 0 atom stereocenters. The molecule has 0 radical (unpaired) electrons. The van der Waals surface area contributed by atoms with Crippen LogP contribution in [0.15, 0.2) is 30.3 Å². The summed E-state index contributed by atoms with van der Waals surface area (Å²) in [7, 11) is 1.58. The lowest BCUT2D eigenvalue weighted by Crippen LogP contribution is -2.26. The van der Waals surface area contributed by atoms with Crippen molar-refractivity contribution in [2.75, 3.05) is 25.6 Å². The van der Waals surface area contributed by atoms with E-state index in [1.54, 1.807) is 14.0 Å². The molecular formula is C17H19F3N4O2. The van der Waals surface area contributed by atoms with E-state index in [1.165, 1.54) is 18.2 Å². The van der Waals surface area contributed by atoms with E-state index in [4.69, 9.17) is 4.74 Å². The lowest BCUT2D eigenvalue weighted by Gasteiger charge is -2.10. The van der Waals surface area contributed by atoms with E-state index >= 15 is 0 Å². The maximum atomic E-state index is 12.6. The minimum absolute atomic E-state index is 0.131. The summed E-state index contributed by atoms with van der Waals surface area (Å²) in [6, 6.07) is 6.00. The summed E-state index contributed by atoms with van der Waals surface area (Å²) < 4.78 is 42.7. The topological polar surface area (TPSA) is 76.1 Å². The first-order valence-corrected chi connectivity index (χ1v) is 7.86. The molecule has 1 amide bonds. The van der Waals surface area contributed by atoms with Crippen molar-refractivity contribution < 1.29 is 22.7 Å². The Bertz CT molecular complexity index is 749. The van der Waals surface area contributed by atoms with E-state index in [1.807, 2.05) is 0 Å². The molecule has 1 heterocycles. The Kier molecular flexibility index (Phi) is 6.51. The van der Waals surface area contributed by atoms with Crippen molar-refractivity contribution >= 4 is 17.5 Å². The molecule has 9 heteroatoms. The smallest absolute Gasteiger partial charge is 0.385 e. The number of aryl methyl sites for hydroxylation is 1. The van der Waals surface area contributed by atoms with Crippen molar-refractivity contribution in [2.45, 2.75) is 19.5 Å². The van der Waals surface area contributed by atoms with E-state index in [2.05, 4.69) is 20.6 Å². The molecule has 26 heavy (non-hydrogen) atoms. The normalized spacial score (nSPS) is 11.3. The van der Waals surface area contributed by atoms with Crippen LogP contribution in [0.1, 0.15) is 28.2 Å². The van der Waals surface area contributed by atoms with Crippen LogP contribution < -0.4 is 10.6 Å². The monoisotopic (exact) mass is 368 g/mol. The van der Waals surface area contributed by atoms with Gasteiger partial charge in [-0.05, 0) is 43.7 Å². The van der Waals surface area contributed by atoms with Crippen molar-refractivity contribution in [3.63, 3.8) is 0 Å². The van der Waals surface area contributed by atoms with Gasteiger partial charge < -0.3 is 15.4 Å². The van der Waals surface area contributed by atoms with Gasteiger partial charge in [-0.3, -0.25) is 4.79 Å². The number of ether oxygens (including phenoxy) is 1. The van der Waals surface area contributed by atoms with E-state index in [-0.39, 0.29) is 17.5 Å². The minimum atomic E-state index is -4.40. The molecule has 0 fully saturated rings. The zero-order chi connectivity index (χ0) is 19.2. The van der Waals surface area contributed by atoms with E-state index in [0.29, 0.717) is 31.0 Å². The molecule has 1 aromatic heterocycles. The second-order valence-corrected chi connectivity index (χ2v) is 5.52. The van der Waals surface area contributed by atoms with Crippen LogP contribution in [0.5, 0.6) is 0 Å². The summed E-state index contributed by atoms with van der Waals surface area (Å²) in [6.07, 6.45) is -3.73. The van der Waals surface area contributed by atoms with Crippen LogP contribution in [-0.2, 0) is 10.9 Å². The maximum Gasteiger partial charge on any atom is 0.416 e. The van der Waals surface area contributed by atoms with Gasteiger partial charge in [0.25, 0.3) is 5.91 Å². The van der Waals surface area contributed by atoms with Crippen molar-refractivity contribution in [3.05, 3.63) is 47.3 Å². The van der Waals surface area contributed by atoms with Crippen molar-refractivity contribution in [3.8, 4) is 0 Å². The first-order chi connectivity index (χ1) is 12.3. The standard InChI is InChI=1S/C17H19F3N4O2/c1-11-10-14(15(25)21-8-3-9-26-2)24-16(22-11)23-13-6-4-12(5-7-13)17(18,19)20/h4-7,10H,3,8-9H2,1-2H3,(H,21,25)(H,22,23,24). The van der Waals surface area contributed by atoms with Crippen LogP contribution in [-0.4, -0.2) is 36.1 Å². The predicted octanol–water partition coefficient (Wildman–Crippen LogP) is 3.31. The first kappa shape index (κ1) is 19.6. The van der Waals surface area contributed by atoms with Crippen molar-refractivity contribution in [1.82, 2.24) is 15.3 Å². The number of carbonyl (C=O) groups excluding carboxylic acids is 1. The number of benzene rings is 1. The quantitative estimate of drug-likeness (QED) is 0.734. The van der Waals surface area contributed by atoms with Gasteiger partial charge in [0.05, 0.1) is 5.56 Å². The number of methoxy groups -OCH3 is 1. The lowest BCUT2D eigenvalue weighted by atomic mass is 10.2. The number of aromatic nitrogens is 2. The van der Waals surface area contributed by atoms with Gasteiger partial charge >= 0.3 is 6.18 Å². The Morgan fingerprint density at radius 3 is 2.50 bits per heavy atom. The largest absolute Gasteiger partial charge is 0.416 e. The van der Waals surface area contributed by atoms with Crippen LogP contribution in [0.2, 0.25) is 0 Å². The fourth-order valence-electron chi connectivity index (χ4n) is 2.12. The van der Waals surface area contributed by atoms with E-state index < -0.39 is 11.7 Å². The Morgan fingerprint density at radius 1 is 1.19 bits per heavy atom. The van der Waals surface area contributed by atoms with Crippen LogP contribution in [0.4, 0.5) is 24.8 Å². The maximum absolute atomic E-state index is 12.6. The second kappa shape index (κ2) is 8.61. The predicted molar refractivity (Wildman–Crippen MR) is 90.3 cm³/mol. The van der Waals surface area contributed by atoms with Gasteiger partial charge in [-0.15, -0.1) is 0 Å². The summed E-state index contributed by atoms with van der Waals surface area (Å²) in [5, 5.41) is 5.52. The molecule has 0 saturated heterocycles. The summed E-state index contributed by atoms with van der Waals surface area (Å²) >= 11 is 0. The Labute approximate surface area is 148 Å². The third kappa shape index (κ3) is 5.69. The van der Waals surface area contributed by atoms with Crippen LogP contribution in [0.25, 0.3) is 0 Å². The average Bonchev–Trinajstić information content (AvgIpc) is 2.57. The van der Waals surface area contributed by atoms with Gasteiger partial charge in [-0.25, -0.2) is 9.97 Å². The highest BCUT2D eigenvalue weighted by Gasteiger charge is 2.29. The van der Waals surface area contributed by atoms with Gasteiger partial charge in [0, 0.05) is 31.6 Å². The van der Waals surface area contributed by atoms with Crippen molar-refractivity contribution in [1.29, 1.82) is 0 Å². The first-order valence-electron chi connectivity index (χ1n) is 7.86. The Balaban J connectivity index is 2.08. The second-order valence-electron chi connectivity index (χ2n) is 5.52. The zero-order valence-electron chi connectivity index (χ0n) is 14.4. The third-order valence-electron chi connectivity index (χ3n) is 3.37. The third-order valence-corrected chi connectivity index (χ3v) is 3.37. The fourth-order valence-corrected chi connectivity index (χ4v) is 2.12. The van der Waals surface area contributed by atoms with Crippen molar-refractivity contribution in [2.24, 2.45) is 0 Å². The van der Waals surface area contributed by atoms with Gasteiger partial charge in [-0.1, -0.05) is 0 Å². The molecule has 0 saturated carbocycles. The average molecular weight is 368 g/mol. The number of amides is 1. The molecule has 0 bridgehead atoms. The minimum Gasteiger partial charge on any atom is -0.385 e. The SMILES string of the molecule is COCCCNC(=O)c1cc(C)nc(Nc2ccc(C(F)(F)F)cc2)n1. The van der Waals surface area contributed by atoms with Gasteiger partial charge in [0.2, 0.25) is 5.95 Å². The number of anilines is 2. The summed E-state index contributed by atoms with van der Waals surface area (Å²) in [6.45, 7) is 2.67. The summed E-state index contributed by atoms with van der Waals surface area (Å²) in [5.74, 6) is -0.228. The lowest BCUT2D eigenvalue weighted by molar-refractivity contribution is -0.137. The Hall–Kier alpha value is -2.68. The number of alkyl halides is 3. The molecule has 0 aliphatic rings. The number of nitrogens with one attached hydrogen (secondary N) is 2. The zero-order valence-corrected chi connectivity index (χ0v) is 14.4. The molecule has 0 spiro atoms. The molecule has 2 N–H and O–H groups in total. The number of nitrogens with zero attached hydrogens (tertiary/aromatic N) is 2. The number of halogens is 3. The molecule has 0 aliphatic carbocycles. The molecule has 140 valence electrons. The van der Waals surface area contributed by atoms with Crippen LogP contribution in [0.3, 0.4) is 0 Å². The summed E-state index contributed by atoms with van der Waals surface area (Å²) in [4.78, 5) is 20.4. The van der Waals surface area contributed by atoms with E-state index in [9.17, 15) is 18.0 Å². The fraction of sp³-hybridized carbons (Fsp3) is 0.353. The molecule has 0 unspecified atom stereocenters. The molecule has 2 aromatic rings. The Morgan fingerprint density at radius 2 is 1.88 bits per heavy atom. The van der Waals surface area contributed by atoms with Crippen LogP contribution >= 0.6 is 0 Å². The molecule has 0 aliphatic heterocycles. The number of hydrogen-bond donors (Lipinski definition) is 2. The number of hydrogen-bond acceptors (Lipinski definition) is 5. The molecular weight excluding hydrogens is 349 g/mol. The highest BCUT2D eigenvalue weighted by Crippen LogP contribution is 2.30. The van der Waals surface area contributed by atoms with Gasteiger partial charge in [-0.2, -0.15) is 13.2 Å². The highest BCUT2D eigenvalue weighted by molar-refractivity contribution is 5.92. The van der Waals surface area contributed by atoms with Gasteiger partial charge in [0.15, 0.2) is 0 Å². The molecule has 2 rings (SSSR count). The van der Waals surface area contributed by atoms with E-state index in [0.717, 1.165) is 12.1 Å². The summed E-state index contributed by atoms with van der Waals surface area (Å²) in [5.41, 5.74) is 0.361.